The van der Waals surface area contributed by atoms with Crippen LogP contribution in [0.4, 0.5) is 0 Å². The molecule has 0 fully saturated rings. The highest BCUT2D eigenvalue weighted by Gasteiger charge is 2.14. The lowest BCUT2D eigenvalue weighted by atomic mass is 10.0. The fourth-order valence-corrected chi connectivity index (χ4v) is 2.18. The summed E-state index contributed by atoms with van der Waals surface area (Å²) in [5.74, 6) is 0.840. The number of nitrogens with zero attached hydrogens (tertiary/aromatic N) is 2. The van der Waals surface area contributed by atoms with E-state index < -0.39 is 0 Å². The van der Waals surface area contributed by atoms with Crippen LogP contribution in [0.2, 0.25) is 0 Å². The molecule has 2 aromatic rings. The van der Waals surface area contributed by atoms with Crippen LogP contribution in [-0.2, 0) is 6.54 Å². The number of ether oxygens (including phenoxy) is 1. The standard InChI is InChI=1S/C15H21N3O/c1-10-5-6-15(19-4)13(7-10)14(16)8-18-9-17-11(2)12(18)3/h5-7,9,14H,8,16H2,1-4H3. The molecule has 0 spiro atoms. The van der Waals surface area contributed by atoms with Gasteiger partial charge in [0.05, 0.1) is 25.2 Å². The minimum Gasteiger partial charge on any atom is -0.496 e. The lowest BCUT2D eigenvalue weighted by Crippen LogP contribution is -2.19. The third kappa shape index (κ3) is 2.79. The zero-order chi connectivity index (χ0) is 14.0. The van der Waals surface area contributed by atoms with Crippen molar-refractivity contribution in [1.29, 1.82) is 0 Å². The lowest BCUT2D eigenvalue weighted by Gasteiger charge is -2.17. The average Bonchev–Trinajstić information content (AvgIpc) is 2.70. The molecule has 102 valence electrons. The Morgan fingerprint density at radius 1 is 1.32 bits per heavy atom. The maximum Gasteiger partial charge on any atom is 0.123 e. The summed E-state index contributed by atoms with van der Waals surface area (Å²) in [6, 6.07) is 5.98. The summed E-state index contributed by atoms with van der Waals surface area (Å²) >= 11 is 0. The number of hydrogen-bond donors (Lipinski definition) is 1. The fraction of sp³-hybridized carbons (Fsp3) is 0.400. The molecule has 0 radical (unpaired) electrons. The largest absolute Gasteiger partial charge is 0.496 e. The molecular formula is C15H21N3O. The van der Waals surface area contributed by atoms with Gasteiger partial charge in [-0.1, -0.05) is 17.7 Å². The van der Waals surface area contributed by atoms with Crippen molar-refractivity contribution in [1.82, 2.24) is 9.55 Å². The van der Waals surface area contributed by atoms with Gasteiger partial charge in [0.2, 0.25) is 0 Å². The van der Waals surface area contributed by atoms with Gasteiger partial charge in [0.25, 0.3) is 0 Å². The number of hydrogen-bond acceptors (Lipinski definition) is 3. The third-order valence-corrected chi connectivity index (χ3v) is 3.52. The average molecular weight is 259 g/mol. The zero-order valence-electron chi connectivity index (χ0n) is 12.0. The first-order valence-electron chi connectivity index (χ1n) is 6.41. The van der Waals surface area contributed by atoms with Gasteiger partial charge < -0.3 is 15.0 Å². The van der Waals surface area contributed by atoms with Gasteiger partial charge in [-0.2, -0.15) is 0 Å². The van der Waals surface area contributed by atoms with E-state index in [0.29, 0.717) is 6.54 Å². The summed E-state index contributed by atoms with van der Waals surface area (Å²) in [5, 5.41) is 0. The number of methoxy groups -OCH3 is 1. The van der Waals surface area contributed by atoms with Crippen LogP contribution in [0.5, 0.6) is 5.75 Å². The van der Waals surface area contributed by atoms with Crippen LogP contribution in [0.25, 0.3) is 0 Å². The minimum absolute atomic E-state index is 0.109. The van der Waals surface area contributed by atoms with Crippen molar-refractivity contribution in [2.75, 3.05) is 7.11 Å². The molecule has 1 heterocycles. The van der Waals surface area contributed by atoms with Gasteiger partial charge in [-0.25, -0.2) is 4.98 Å². The Balaban J connectivity index is 2.27. The normalized spacial score (nSPS) is 12.5. The molecule has 19 heavy (non-hydrogen) atoms. The maximum absolute atomic E-state index is 6.32. The van der Waals surface area contributed by atoms with Crippen LogP contribution in [0.15, 0.2) is 24.5 Å². The van der Waals surface area contributed by atoms with Crippen LogP contribution >= 0.6 is 0 Å². The number of rotatable bonds is 4. The molecule has 4 nitrogen and oxygen atoms in total. The van der Waals surface area contributed by atoms with Crippen LogP contribution in [0.3, 0.4) is 0 Å². The summed E-state index contributed by atoms with van der Waals surface area (Å²) in [7, 11) is 1.67. The van der Waals surface area contributed by atoms with Crippen molar-refractivity contribution in [3.63, 3.8) is 0 Å². The monoisotopic (exact) mass is 259 g/mol. The van der Waals surface area contributed by atoms with E-state index in [2.05, 4.69) is 29.5 Å². The molecular weight excluding hydrogens is 238 g/mol. The number of aromatic nitrogens is 2. The molecule has 2 rings (SSSR count). The van der Waals surface area contributed by atoms with Gasteiger partial charge in [0.15, 0.2) is 0 Å². The molecule has 4 heteroatoms. The van der Waals surface area contributed by atoms with Crippen molar-refractivity contribution >= 4 is 0 Å². The van der Waals surface area contributed by atoms with Gasteiger partial charge in [0.1, 0.15) is 5.75 Å². The summed E-state index contributed by atoms with van der Waals surface area (Å²) in [4.78, 5) is 4.30. The van der Waals surface area contributed by atoms with E-state index in [0.717, 1.165) is 22.7 Å². The second kappa shape index (κ2) is 5.45. The Bertz CT molecular complexity index is 575. The molecule has 0 saturated carbocycles. The number of aryl methyl sites for hydroxylation is 2. The van der Waals surface area contributed by atoms with E-state index in [-0.39, 0.29) is 6.04 Å². The molecule has 0 aliphatic heterocycles. The highest BCUT2D eigenvalue weighted by molar-refractivity contribution is 5.39. The molecule has 0 amide bonds. The van der Waals surface area contributed by atoms with Crippen LogP contribution in [0, 0.1) is 20.8 Å². The molecule has 1 aromatic heterocycles. The lowest BCUT2D eigenvalue weighted by molar-refractivity contribution is 0.402. The Hall–Kier alpha value is -1.81. The summed E-state index contributed by atoms with van der Waals surface area (Å²) in [5.41, 5.74) is 10.7. The van der Waals surface area contributed by atoms with E-state index in [1.807, 2.05) is 25.4 Å². The predicted octanol–water partition coefficient (Wildman–Crippen LogP) is 2.52. The number of benzene rings is 1. The highest BCUT2D eigenvalue weighted by atomic mass is 16.5. The minimum atomic E-state index is -0.109. The molecule has 2 N–H and O–H groups in total. The number of imidazole rings is 1. The molecule has 0 bridgehead atoms. The Morgan fingerprint density at radius 3 is 2.63 bits per heavy atom. The van der Waals surface area contributed by atoms with Crippen molar-refractivity contribution in [3.8, 4) is 5.75 Å². The van der Waals surface area contributed by atoms with Crippen molar-refractivity contribution in [2.24, 2.45) is 5.73 Å². The Kier molecular flexibility index (Phi) is 3.90. The second-order valence-corrected chi connectivity index (χ2v) is 4.92. The van der Waals surface area contributed by atoms with Crippen molar-refractivity contribution in [2.45, 2.75) is 33.4 Å². The fourth-order valence-electron chi connectivity index (χ4n) is 2.18. The highest BCUT2D eigenvalue weighted by Crippen LogP contribution is 2.26. The molecule has 1 atom stereocenters. The van der Waals surface area contributed by atoms with Crippen LogP contribution in [-0.4, -0.2) is 16.7 Å². The zero-order valence-corrected chi connectivity index (χ0v) is 12.0. The van der Waals surface area contributed by atoms with E-state index in [9.17, 15) is 0 Å². The SMILES string of the molecule is COc1ccc(C)cc1C(N)Cn1cnc(C)c1C. The molecule has 1 unspecified atom stereocenters. The first-order chi connectivity index (χ1) is 9.02. The van der Waals surface area contributed by atoms with E-state index in [1.165, 1.54) is 5.56 Å². The summed E-state index contributed by atoms with van der Waals surface area (Å²) < 4.78 is 7.47. The summed E-state index contributed by atoms with van der Waals surface area (Å²) in [6.45, 7) is 6.82. The van der Waals surface area contributed by atoms with Gasteiger partial charge in [-0.3, -0.25) is 0 Å². The maximum atomic E-state index is 6.32. The quantitative estimate of drug-likeness (QED) is 0.918. The van der Waals surface area contributed by atoms with E-state index in [1.54, 1.807) is 7.11 Å². The smallest absolute Gasteiger partial charge is 0.123 e. The second-order valence-electron chi connectivity index (χ2n) is 4.92. The summed E-state index contributed by atoms with van der Waals surface area (Å²) in [6.07, 6.45) is 1.84. The third-order valence-electron chi connectivity index (χ3n) is 3.52. The molecule has 1 aromatic carbocycles. The molecule has 0 aliphatic rings. The van der Waals surface area contributed by atoms with Crippen molar-refractivity contribution in [3.05, 3.63) is 47.0 Å². The van der Waals surface area contributed by atoms with Crippen LogP contribution < -0.4 is 10.5 Å². The number of nitrogens with two attached hydrogens (primary N) is 1. The van der Waals surface area contributed by atoms with Gasteiger partial charge in [0, 0.05) is 17.8 Å². The van der Waals surface area contributed by atoms with Gasteiger partial charge >= 0.3 is 0 Å². The Morgan fingerprint density at radius 2 is 2.05 bits per heavy atom. The molecule has 0 saturated heterocycles. The first kappa shape index (κ1) is 13.6. The first-order valence-corrected chi connectivity index (χ1v) is 6.41. The molecule has 0 aliphatic carbocycles. The van der Waals surface area contributed by atoms with Crippen LogP contribution in [0.1, 0.15) is 28.6 Å². The van der Waals surface area contributed by atoms with E-state index >= 15 is 0 Å². The van der Waals surface area contributed by atoms with Gasteiger partial charge in [-0.05, 0) is 26.8 Å². The topological polar surface area (TPSA) is 53.1 Å². The van der Waals surface area contributed by atoms with Gasteiger partial charge in [-0.15, -0.1) is 0 Å². The Labute approximate surface area is 114 Å². The van der Waals surface area contributed by atoms with E-state index in [4.69, 9.17) is 10.5 Å². The van der Waals surface area contributed by atoms with Crippen molar-refractivity contribution < 1.29 is 4.74 Å². The predicted molar refractivity (Wildman–Crippen MR) is 76.4 cm³/mol.